The second-order valence-electron chi connectivity index (χ2n) is 4.99. The van der Waals surface area contributed by atoms with Crippen molar-refractivity contribution in [2.45, 2.75) is 0 Å². The summed E-state index contributed by atoms with van der Waals surface area (Å²) < 4.78 is 0.875. The predicted molar refractivity (Wildman–Crippen MR) is 94.6 cm³/mol. The smallest absolute Gasteiger partial charge is 0.273 e. The average Bonchev–Trinajstić information content (AvgIpc) is 2.53. The number of anilines is 1. The summed E-state index contributed by atoms with van der Waals surface area (Å²) >= 11 is 9.23. The number of benzene rings is 2. The molecule has 4 amide bonds. The van der Waals surface area contributed by atoms with Crippen molar-refractivity contribution in [3.05, 3.63) is 69.2 Å². The van der Waals surface area contributed by atoms with Gasteiger partial charge in [-0.1, -0.05) is 45.7 Å². The van der Waals surface area contributed by atoms with Crippen LogP contribution in [0.15, 0.2) is 58.6 Å². The maximum absolute atomic E-state index is 12.7. The Morgan fingerprint density at radius 3 is 2.42 bits per heavy atom. The Kier molecular flexibility index (Phi) is 4.51. The van der Waals surface area contributed by atoms with E-state index in [1.54, 1.807) is 42.5 Å². The Morgan fingerprint density at radius 1 is 1.04 bits per heavy atom. The fraction of sp³-hybridized carbons (Fsp3) is 0. The van der Waals surface area contributed by atoms with Crippen LogP contribution in [-0.2, 0) is 9.59 Å². The minimum absolute atomic E-state index is 0.128. The molecule has 2 aromatic rings. The van der Waals surface area contributed by atoms with Crippen LogP contribution in [0.5, 0.6) is 0 Å². The van der Waals surface area contributed by atoms with Crippen LogP contribution in [0.3, 0.4) is 0 Å². The van der Waals surface area contributed by atoms with Gasteiger partial charge in [-0.2, -0.15) is 0 Å². The number of nitrogens with one attached hydrogen (secondary N) is 1. The molecule has 1 aliphatic heterocycles. The van der Waals surface area contributed by atoms with Gasteiger partial charge < -0.3 is 0 Å². The number of hydrogen-bond acceptors (Lipinski definition) is 3. The number of rotatable bonds is 2. The van der Waals surface area contributed by atoms with E-state index in [0.717, 1.165) is 9.37 Å². The van der Waals surface area contributed by atoms with Gasteiger partial charge in [0.25, 0.3) is 11.8 Å². The largest absolute Gasteiger partial charge is 0.335 e. The van der Waals surface area contributed by atoms with Crippen LogP contribution < -0.4 is 10.2 Å². The Bertz CT molecular complexity index is 878. The normalized spacial score (nSPS) is 16.5. The lowest BCUT2D eigenvalue weighted by Crippen LogP contribution is -2.54. The van der Waals surface area contributed by atoms with Gasteiger partial charge >= 0.3 is 6.03 Å². The molecule has 0 atom stereocenters. The number of barbiturate groups is 1. The summed E-state index contributed by atoms with van der Waals surface area (Å²) in [6.07, 6.45) is 1.44. The molecule has 120 valence electrons. The molecule has 0 aromatic heterocycles. The molecule has 0 unspecified atom stereocenters. The first kappa shape index (κ1) is 16.4. The van der Waals surface area contributed by atoms with E-state index in [1.807, 2.05) is 0 Å². The molecule has 0 aliphatic carbocycles. The van der Waals surface area contributed by atoms with Gasteiger partial charge in [0.2, 0.25) is 0 Å². The molecule has 0 spiro atoms. The molecule has 0 saturated carbocycles. The van der Waals surface area contributed by atoms with Crippen molar-refractivity contribution in [3.63, 3.8) is 0 Å². The van der Waals surface area contributed by atoms with Crippen molar-refractivity contribution in [1.82, 2.24) is 5.32 Å². The topological polar surface area (TPSA) is 66.5 Å². The molecule has 1 N–H and O–H groups in total. The van der Waals surface area contributed by atoms with E-state index in [9.17, 15) is 14.4 Å². The van der Waals surface area contributed by atoms with Crippen molar-refractivity contribution in [3.8, 4) is 0 Å². The lowest BCUT2D eigenvalue weighted by molar-refractivity contribution is -0.122. The van der Waals surface area contributed by atoms with Crippen molar-refractivity contribution in [2.24, 2.45) is 0 Å². The van der Waals surface area contributed by atoms with E-state index in [0.29, 0.717) is 16.3 Å². The predicted octanol–water partition coefficient (Wildman–Crippen LogP) is 3.77. The minimum atomic E-state index is -0.805. The molecule has 2 aromatic carbocycles. The van der Waals surface area contributed by atoms with Gasteiger partial charge in [0.15, 0.2) is 0 Å². The van der Waals surface area contributed by atoms with Crippen molar-refractivity contribution >= 4 is 57.1 Å². The SMILES string of the molecule is O=C1NC(=O)N(c2cccc(Cl)c2)C(=O)/C1=C/c1ccc(Br)cc1. The van der Waals surface area contributed by atoms with Gasteiger partial charge in [0.05, 0.1) is 5.69 Å². The van der Waals surface area contributed by atoms with Crippen LogP contribution >= 0.6 is 27.5 Å². The molecule has 1 saturated heterocycles. The molecule has 5 nitrogen and oxygen atoms in total. The van der Waals surface area contributed by atoms with Crippen LogP contribution in [0.2, 0.25) is 5.02 Å². The zero-order valence-electron chi connectivity index (χ0n) is 12.1. The van der Waals surface area contributed by atoms with Gasteiger partial charge in [0, 0.05) is 9.50 Å². The first-order chi connectivity index (χ1) is 11.5. The van der Waals surface area contributed by atoms with Crippen molar-refractivity contribution in [2.75, 3.05) is 4.90 Å². The Labute approximate surface area is 151 Å². The molecule has 0 bridgehead atoms. The summed E-state index contributed by atoms with van der Waals surface area (Å²) in [5.74, 6) is -1.43. The number of halogens is 2. The summed E-state index contributed by atoms with van der Waals surface area (Å²) in [7, 11) is 0. The summed E-state index contributed by atoms with van der Waals surface area (Å²) in [5.41, 5.74) is 0.827. The highest BCUT2D eigenvalue weighted by atomic mass is 79.9. The summed E-state index contributed by atoms with van der Waals surface area (Å²) in [6, 6.07) is 12.6. The van der Waals surface area contributed by atoms with Gasteiger partial charge in [0.1, 0.15) is 5.57 Å². The monoisotopic (exact) mass is 404 g/mol. The van der Waals surface area contributed by atoms with Crippen LogP contribution in [0.1, 0.15) is 5.56 Å². The fourth-order valence-corrected chi connectivity index (χ4v) is 2.68. The molecule has 24 heavy (non-hydrogen) atoms. The average molecular weight is 406 g/mol. The number of hydrogen-bond donors (Lipinski definition) is 1. The molecular weight excluding hydrogens is 396 g/mol. The number of urea groups is 1. The molecule has 0 radical (unpaired) electrons. The Balaban J connectivity index is 2.01. The first-order valence-electron chi connectivity index (χ1n) is 6.88. The minimum Gasteiger partial charge on any atom is -0.273 e. The molecule has 7 heteroatoms. The third-order valence-electron chi connectivity index (χ3n) is 3.35. The standard InChI is InChI=1S/C17H10BrClN2O3/c18-11-6-4-10(5-7-11)8-14-15(22)20-17(24)21(16(14)23)13-3-1-2-12(19)9-13/h1-9H,(H,20,22,24)/b14-8+. The summed E-state index contributed by atoms with van der Waals surface area (Å²) in [6.45, 7) is 0. The molecule has 1 aliphatic rings. The molecular formula is C17H10BrClN2O3. The van der Waals surface area contributed by atoms with E-state index in [2.05, 4.69) is 21.2 Å². The summed E-state index contributed by atoms with van der Waals surface area (Å²) in [4.78, 5) is 37.7. The number of nitrogens with zero attached hydrogens (tertiary/aromatic N) is 1. The number of carbonyl (C=O) groups excluding carboxylic acids is 3. The fourth-order valence-electron chi connectivity index (χ4n) is 2.23. The van der Waals surface area contributed by atoms with Crippen LogP contribution in [0.4, 0.5) is 10.5 Å². The number of carbonyl (C=O) groups is 3. The van der Waals surface area contributed by atoms with Gasteiger partial charge in [-0.3, -0.25) is 14.9 Å². The van der Waals surface area contributed by atoms with E-state index in [4.69, 9.17) is 11.6 Å². The zero-order chi connectivity index (χ0) is 17.3. The van der Waals surface area contributed by atoms with Crippen molar-refractivity contribution in [1.29, 1.82) is 0 Å². The molecule has 3 rings (SSSR count). The second-order valence-corrected chi connectivity index (χ2v) is 6.34. The third-order valence-corrected chi connectivity index (χ3v) is 4.11. The highest BCUT2D eigenvalue weighted by Gasteiger charge is 2.36. The lowest BCUT2D eigenvalue weighted by Gasteiger charge is -2.26. The van der Waals surface area contributed by atoms with Gasteiger partial charge in [-0.25, -0.2) is 9.69 Å². The van der Waals surface area contributed by atoms with E-state index < -0.39 is 17.8 Å². The quantitative estimate of drug-likeness (QED) is 0.611. The van der Waals surface area contributed by atoms with Crippen LogP contribution in [-0.4, -0.2) is 17.8 Å². The van der Waals surface area contributed by atoms with E-state index in [1.165, 1.54) is 12.1 Å². The maximum atomic E-state index is 12.7. The van der Waals surface area contributed by atoms with Crippen molar-refractivity contribution < 1.29 is 14.4 Å². The highest BCUT2D eigenvalue weighted by Crippen LogP contribution is 2.24. The number of imide groups is 2. The zero-order valence-corrected chi connectivity index (χ0v) is 14.5. The van der Waals surface area contributed by atoms with Crippen LogP contribution in [0.25, 0.3) is 6.08 Å². The molecule has 1 heterocycles. The third kappa shape index (κ3) is 3.25. The summed E-state index contributed by atoms with van der Waals surface area (Å²) in [5, 5.41) is 2.54. The maximum Gasteiger partial charge on any atom is 0.335 e. The Morgan fingerprint density at radius 2 is 1.75 bits per heavy atom. The van der Waals surface area contributed by atoms with E-state index in [-0.39, 0.29) is 5.57 Å². The first-order valence-corrected chi connectivity index (χ1v) is 8.05. The lowest BCUT2D eigenvalue weighted by atomic mass is 10.1. The Hall–Kier alpha value is -2.44. The second kappa shape index (κ2) is 6.59. The van der Waals surface area contributed by atoms with Gasteiger partial charge in [-0.15, -0.1) is 0 Å². The number of amides is 4. The molecule has 1 fully saturated rings. The van der Waals surface area contributed by atoms with Gasteiger partial charge in [-0.05, 0) is 42.0 Å². The van der Waals surface area contributed by atoms with E-state index >= 15 is 0 Å². The highest BCUT2D eigenvalue weighted by molar-refractivity contribution is 9.10. The van der Waals surface area contributed by atoms with Crippen LogP contribution in [0, 0.1) is 0 Å².